The van der Waals surface area contributed by atoms with Crippen LogP contribution in [0.1, 0.15) is 114 Å². The second-order valence-corrected chi connectivity index (χ2v) is 24.9. The second kappa shape index (κ2) is 22.8. The van der Waals surface area contributed by atoms with Crippen LogP contribution in [-0.2, 0) is 61.0 Å². The number of piperazine rings is 2. The summed E-state index contributed by atoms with van der Waals surface area (Å²) in [5.41, 5.74) is 10.7. The van der Waals surface area contributed by atoms with Crippen LogP contribution in [0.3, 0.4) is 0 Å². The molecule has 7 atom stereocenters. The number of fused-ring (bicyclic) bond motifs is 4. The number of carbonyl (C=O) groups excluding carboxylic acids is 2. The van der Waals surface area contributed by atoms with Gasteiger partial charge in [0.2, 0.25) is 11.8 Å². The number of benzene rings is 2. The molecular weight excluding hydrogens is 1020 g/mol. The number of halogens is 1. The second-order valence-electron chi connectivity index (χ2n) is 24.9. The van der Waals surface area contributed by atoms with E-state index >= 15 is 0 Å². The van der Waals surface area contributed by atoms with Crippen LogP contribution in [-0.4, -0.2) is 155 Å². The monoisotopic (exact) mass is 1100 g/mol. The van der Waals surface area contributed by atoms with Gasteiger partial charge in [-0.15, -0.1) is 0 Å². The lowest BCUT2D eigenvalue weighted by atomic mass is 9.62. The highest BCUT2D eigenvalue weighted by atomic mass is 19.1. The van der Waals surface area contributed by atoms with Crippen molar-refractivity contribution in [3.05, 3.63) is 118 Å². The number of hydrogen-bond donors (Lipinski definition) is 0. The average molecular weight is 1100 g/mol. The first kappa shape index (κ1) is 54.6. The fourth-order valence-corrected chi connectivity index (χ4v) is 15.7. The summed E-state index contributed by atoms with van der Waals surface area (Å²) in [5.74, 6) is 1.64. The van der Waals surface area contributed by atoms with E-state index in [2.05, 4.69) is 83.3 Å². The summed E-state index contributed by atoms with van der Waals surface area (Å²) < 4.78 is 28.2. The summed E-state index contributed by atoms with van der Waals surface area (Å²) in [6, 6.07) is 17.8. The van der Waals surface area contributed by atoms with Crippen LogP contribution >= 0.6 is 0 Å². The first-order chi connectivity index (χ1) is 39.4. The van der Waals surface area contributed by atoms with Crippen molar-refractivity contribution in [3.63, 3.8) is 0 Å². The zero-order chi connectivity index (χ0) is 56.0. The lowest BCUT2D eigenvalue weighted by Gasteiger charge is -2.44. The third-order valence-corrected chi connectivity index (χ3v) is 20.2. The van der Waals surface area contributed by atoms with Crippen molar-refractivity contribution in [3.8, 4) is 24.2 Å². The molecule has 8 aliphatic rings. The number of likely N-dealkylation sites (tertiary alicyclic amines) is 2. The van der Waals surface area contributed by atoms with Gasteiger partial charge in [-0.25, -0.2) is 4.39 Å². The van der Waals surface area contributed by atoms with Crippen LogP contribution in [0.2, 0.25) is 0 Å². The molecule has 2 aromatic carbocycles. The summed E-state index contributed by atoms with van der Waals surface area (Å²) in [6.07, 6.45) is 17.0. The molecule has 4 aliphatic heterocycles. The van der Waals surface area contributed by atoms with Crippen LogP contribution in [0, 0.1) is 39.3 Å². The Balaban J connectivity index is 0.763. The van der Waals surface area contributed by atoms with E-state index < -0.39 is 0 Å². The van der Waals surface area contributed by atoms with E-state index in [1.807, 2.05) is 6.07 Å². The van der Waals surface area contributed by atoms with Crippen molar-refractivity contribution < 1.29 is 23.5 Å². The van der Waals surface area contributed by atoms with E-state index in [9.17, 15) is 24.5 Å². The Morgan fingerprint density at radius 1 is 0.642 bits per heavy atom. The molecule has 0 N–H and O–H groups in total. The van der Waals surface area contributed by atoms with Crippen molar-refractivity contribution in [2.75, 3.05) is 89.5 Å². The van der Waals surface area contributed by atoms with Crippen LogP contribution in [0.4, 0.5) is 16.0 Å². The van der Waals surface area contributed by atoms with Gasteiger partial charge in [0.1, 0.15) is 30.7 Å². The van der Waals surface area contributed by atoms with E-state index in [1.54, 1.807) is 15.9 Å². The molecule has 81 heavy (non-hydrogen) atoms. The average Bonchev–Trinajstić information content (AvgIpc) is 4.11. The molecule has 2 amide bonds. The van der Waals surface area contributed by atoms with Crippen molar-refractivity contribution in [2.45, 2.75) is 139 Å². The van der Waals surface area contributed by atoms with E-state index in [1.165, 1.54) is 34.4 Å². The Labute approximate surface area is 476 Å². The minimum absolute atomic E-state index is 0.0393. The maximum absolute atomic E-state index is 15.0. The molecule has 17 heteroatoms. The Bertz CT molecular complexity index is 3190. The number of likely N-dealkylation sites (N-methyl/N-ethyl adjacent to an activating group) is 2. The van der Waals surface area contributed by atoms with Gasteiger partial charge in [0.25, 0.3) is 0 Å². The van der Waals surface area contributed by atoms with Crippen LogP contribution < -0.4 is 19.3 Å². The first-order valence-electron chi connectivity index (χ1n) is 29.8. The summed E-state index contributed by atoms with van der Waals surface area (Å²) in [7, 11) is 4.36. The van der Waals surface area contributed by atoms with Crippen molar-refractivity contribution >= 4 is 23.5 Å². The lowest BCUT2D eigenvalue weighted by molar-refractivity contribution is -0.129. The highest BCUT2D eigenvalue weighted by Gasteiger charge is 2.45. The molecule has 0 saturated carbocycles. The molecule has 12 rings (SSSR count). The van der Waals surface area contributed by atoms with Crippen molar-refractivity contribution in [2.24, 2.45) is 10.8 Å². The van der Waals surface area contributed by atoms with E-state index in [0.29, 0.717) is 82.9 Å². The van der Waals surface area contributed by atoms with Gasteiger partial charge < -0.3 is 34.0 Å². The van der Waals surface area contributed by atoms with E-state index in [-0.39, 0.29) is 59.4 Å². The number of amides is 2. The minimum atomic E-state index is -0.299. The smallest absolute Gasteiger partial charge is 0.318 e. The van der Waals surface area contributed by atoms with E-state index in [4.69, 9.17) is 29.4 Å². The predicted octanol–water partition coefficient (Wildman–Crippen LogP) is 7.31. The largest absolute Gasteiger partial charge is 0.462 e. The molecular formula is C64H77FN12O4. The molecule has 2 aromatic heterocycles. The van der Waals surface area contributed by atoms with Crippen LogP contribution in [0.25, 0.3) is 0 Å². The number of nitriles is 2. The molecule has 4 saturated heterocycles. The lowest BCUT2D eigenvalue weighted by Crippen LogP contribution is -2.55. The Morgan fingerprint density at radius 2 is 1.16 bits per heavy atom. The zero-order valence-corrected chi connectivity index (χ0v) is 47.4. The Kier molecular flexibility index (Phi) is 15.4. The normalized spacial score (nSPS) is 27.2. The van der Waals surface area contributed by atoms with Gasteiger partial charge in [0, 0.05) is 69.0 Å². The zero-order valence-electron chi connectivity index (χ0n) is 47.4. The molecule has 4 aliphatic carbocycles. The molecule has 0 radical (unpaired) electrons. The number of carbonyl (C=O) groups is 2. The molecule has 16 nitrogen and oxygen atoms in total. The summed E-state index contributed by atoms with van der Waals surface area (Å²) in [6.45, 7) is 13.5. The summed E-state index contributed by atoms with van der Waals surface area (Å²) in [5, 5.41) is 19.6. The van der Waals surface area contributed by atoms with Crippen LogP contribution in [0.5, 0.6) is 12.0 Å². The highest BCUT2D eigenvalue weighted by Crippen LogP contribution is 2.50. The Morgan fingerprint density at radius 3 is 1.69 bits per heavy atom. The molecule has 424 valence electrons. The Hall–Kier alpha value is -6.95. The standard InChI is InChI=1S/C64H77FN12O4/c1-5-57(78)76-30-28-74(38-45(76)19-25-66)59-52-17-23-63(35-55(52)68-61(70-59)80-40-47-12-9-27-72(47)3)21-15-50-42(33-63)10-7-13-49(50)44-32-48(73(4)37-44)41-81-62-69-56-36-64(22-16-51-43(34-64)11-8-14-54(51)65)24-18-53(56)60(71-62)75-29-31-77(58(79)6-2)46(39-75)20-26-67/h5-8,10-11,13-14,44-48H,1-2,9,12,15-24,27-41H2,3-4H3/t44?,45-,46-,47-,48-,63+,64-/m0/s1. The SMILES string of the molecule is C=CC(=O)N1CCN(c2nc(OC[C@@H]3CC(c4cccc5c4CC[C@@]4(CCc6c(nc(OC[C@@H]7CCCN7C)nc6N6CCN(C(=O)C=C)[C@@H](CC#N)C6)C4)C5)CN3C)nc3c2CC[C@]2(CCc4c(F)cccc4C2)C3)C[C@@H]1CC#N. The summed E-state index contributed by atoms with van der Waals surface area (Å²) in [4.78, 5) is 59.5. The minimum Gasteiger partial charge on any atom is -0.462 e. The molecule has 2 spiro atoms. The van der Waals surface area contributed by atoms with Crippen molar-refractivity contribution in [1.29, 1.82) is 10.5 Å². The fourth-order valence-electron chi connectivity index (χ4n) is 15.7. The first-order valence-corrected chi connectivity index (χ1v) is 29.8. The number of nitrogens with zero attached hydrogens (tertiary/aromatic N) is 12. The number of ether oxygens (including phenoxy) is 2. The van der Waals surface area contributed by atoms with E-state index in [0.717, 1.165) is 143 Å². The predicted molar refractivity (Wildman–Crippen MR) is 307 cm³/mol. The van der Waals surface area contributed by atoms with Gasteiger partial charge in [0.15, 0.2) is 0 Å². The maximum atomic E-state index is 15.0. The van der Waals surface area contributed by atoms with Crippen molar-refractivity contribution in [1.82, 2.24) is 39.5 Å². The highest BCUT2D eigenvalue weighted by molar-refractivity contribution is 5.88. The van der Waals surface area contributed by atoms with Gasteiger partial charge in [-0.2, -0.15) is 30.5 Å². The molecule has 0 bridgehead atoms. The molecule has 4 aromatic rings. The number of hydrogen-bond acceptors (Lipinski definition) is 14. The topological polar surface area (TPSA) is 171 Å². The van der Waals surface area contributed by atoms with Gasteiger partial charge in [-0.05, 0) is 180 Å². The third kappa shape index (κ3) is 10.8. The molecule has 1 unspecified atom stereocenters. The third-order valence-electron chi connectivity index (χ3n) is 20.2. The van der Waals surface area contributed by atoms with Gasteiger partial charge in [-0.1, -0.05) is 43.5 Å². The molecule has 4 fully saturated rings. The fraction of sp³-hybridized carbons (Fsp3) is 0.562. The number of anilines is 2. The van der Waals surface area contributed by atoms with Gasteiger partial charge in [0.05, 0.1) is 48.5 Å². The van der Waals surface area contributed by atoms with Gasteiger partial charge in [-0.3, -0.25) is 14.5 Å². The number of rotatable bonds is 13. The quantitative estimate of drug-likeness (QED) is 0.122. The molecule has 6 heterocycles. The van der Waals surface area contributed by atoms with Crippen LogP contribution in [0.15, 0.2) is 61.7 Å². The van der Waals surface area contributed by atoms with Gasteiger partial charge >= 0.3 is 12.0 Å². The summed E-state index contributed by atoms with van der Waals surface area (Å²) >= 11 is 0. The number of aromatic nitrogens is 4. The maximum Gasteiger partial charge on any atom is 0.318 e.